The van der Waals surface area contributed by atoms with Crippen molar-refractivity contribution < 1.29 is 29.0 Å². The van der Waals surface area contributed by atoms with Crippen molar-refractivity contribution in [3.63, 3.8) is 0 Å². The molecule has 0 unspecified atom stereocenters. The summed E-state index contributed by atoms with van der Waals surface area (Å²) in [6.07, 6.45) is 1.38. The monoisotopic (exact) mass is 738 g/mol. The number of aromatic amines is 1. The number of nitrogens with zero attached hydrogens (tertiary/aromatic N) is 3. The third kappa shape index (κ3) is 8.35. The van der Waals surface area contributed by atoms with E-state index in [-0.39, 0.29) is 28.4 Å². The molecule has 1 aromatic heterocycles. The Hall–Kier alpha value is -5.45. The number of carbonyl (C=O) groups excluding carboxylic acids is 3. The van der Waals surface area contributed by atoms with Crippen molar-refractivity contribution in [1.29, 1.82) is 0 Å². The van der Waals surface area contributed by atoms with Crippen LogP contribution in [0, 0.1) is 67.7 Å². The van der Waals surface area contributed by atoms with Gasteiger partial charge in [-0.2, -0.15) is 0 Å². The Balaban J connectivity index is 0.000000221. The van der Waals surface area contributed by atoms with E-state index in [4.69, 9.17) is 10.0 Å². The summed E-state index contributed by atoms with van der Waals surface area (Å²) < 4.78 is 4.52. The maximum absolute atomic E-state index is 11.9. The zero-order valence-electron chi connectivity index (χ0n) is 34.5. The molecule has 0 spiro atoms. The molecule has 11 heteroatoms. The number of rotatable bonds is 6. The quantitative estimate of drug-likeness (QED) is 0.0856. The van der Waals surface area contributed by atoms with Gasteiger partial charge in [0.25, 0.3) is 0 Å². The molecule has 0 saturated carbocycles. The highest BCUT2D eigenvalue weighted by Crippen LogP contribution is 2.44. The van der Waals surface area contributed by atoms with E-state index in [1.807, 2.05) is 73.6 Å². The van der Waals surface area contributed by atoms with Crippen LogP contribution in [0.4, 0.5) is 0 Å². The molecular weight excluding hydrogens is 684 g/mol. The molecule has 0 atom stereocenters. The first-order valence-corrected chi connectivity index (χ1v) is 17.8. The van der Waals surface area contributed by atoms with Crippen molar-refractivity contribution in [2.45, 2.75) is 116 Å². The van der Waals surface area contributed by atoms with Gasteiger partial charge in [-0.3, -0.25) is 23.9 Å². The summed E-state index contributed by atoms with van der Waals surface area (Å²) in [7, 11) is 0. The lowest BCUT2D eigenvalue weighted by atomic mass is 9.70. The van der Waals surface area contributed by atoms with Crippen LogP contribution in [0.1, 0.15) is 141 Å². The Kier molecular flexibility index (Phi) is 13.0. The molecule has 5 rings (SSSR count). The number of benzene rings is 3. The topological polar surface area (TPSA) is 164 Å². The van der Waals surface area contributed by atoms with Gasteiger partial charge in [0.1, 0.15) is 5.60 Å². The van der Waals surface area contributed by atoms with E-state index in [0.717, 1.165) is 72.5 Å². The SMILES string of the molecule is CC(=O)c1cc(C)c(C)c(-c2noc(=O)[nH]2)c1C.CC(=O)c1cc(C)c(C)c(/C=N/O)c1C.CC(=O)c1cc(C)c(C)c(C2=NOC(C)(C)C2(C)C)c1C. The van der Waals surface area contributed by atoms with Crippen LogP contribution in [-0.2, 0) is 4.84 Å². The number of H-pyrrole nitrogens is 1. The zero-order valence-corrected chi connectivity index (χ0v) is 34.5. The van der Waals surface area contributed by atoms with E-state index in [1.54, 1.807) is 6.92 Å². The summed E-state index contributed by atoms with van der Waals surface area (Å²) in [5.74, 6) is -0.129. The fourth-order valence-electron chi connectivity index (χ4n) is 6.59. The number of carbonyl (C=O) groups is 3. The van der Waals surface area contributed by atoms with Gasteiger partial charge in [0, 0.05) is 33.4 Å². The molecule has 2 N–H and O–H groups in total. The van der Waals surface area contributed by atoms with Crippen molar-refractivity contribution in [1.82, 2.24) is 10.1 Å². The Morgan fingerprint density at radius 2 is 1.11 bits per heavy atom. The van der Waals surface area contributed by atoms with Crippen LogP contribution in [-0.4, -0.2) is 50.2 Å². The molecule has 1 aliphatic heterocycles. The predicted molar refractivity (Wildman–Crippen MR) is 213 cm³/mol. The van der Waals surface area contributed by atoms with Crippen LogP contribution in [0.2, 0.25) is 0 Å². The molecule has 0 fully saturated rings. The van der Waals surface area contributed by atoms with Gasteiger partial charge in [0.05, 0.1) is 17.3 Å². The lowest BCUT2D eigenvalue weighted by Crippen LogP contribution is -2.41. The van der Waals surface area contributed by atoms with Crippen molar-refractivity contribution in [2.75, 3.05) is 0 Å². The summed E-state index contributed by atoms with van der Waals surface area (Å²) in [5.41, 5.74) is 14.1. The molecule has 4 aromatic rings. The first-order valence-electron chi connectivity index (χ1n) is 17.8. The van der Waals surface area contributed by atoms with E-state index in [1.165, 1.54) is 25.6 Å². The van der Waals surface area contributed by atoms with Crippen LogP contribution in [0.15, 0.2) is 37.8 Å². The fraction of sp³-hybridized carbons (Fsp3) is 0.419. The Morgan fingerprint density at radius 3 is 1.50 bits per heavy atom. The van der Waals surface area contributed by atoms with Gasteiger partial charge in [0.2, 0.25) is 0 Å². The molecule has 2 heterocycles. The minimum absolute atomic E-state index is 0.0114. The Bertz CT molecular complexity index is 2270. The van der Waals surface area contributed by atoms with Gasteiger partial charge in [-0.1, -0.05) is 29.3 Å². The van der Waals surface area contributed by atoms with Gasteiger partial charge in [-0.15, -0.1) is 0 Å². The van der Waals surface area contributed by atoms with Crippen molar-refractivity contribution in [2.24, 2.45) is 15.7 Å². The summed E-state index contributed by atoms with van der Waals surface area (Å²) in [6.45, 7) is 30.6. The van der Waals surface area contributed by atoms with Gasteiger partial charge in [-0.25, -0.2) is 4.79 Å². The molecule has 54 heavy (non-hydrogen) atoms. The van der Waals surface area contributed by atoms with Crippen LogP contribution < -0.4 is 5.76 Å². The standard InChI is InChI=1S/C18H25NO2.C13H14N2O3.C12H15NO2/c1-10-9-14(13(4)20)12(3)15(11(10)2)16-17(5,6)18(7,8)21-19-16;1-6-5-10(9(4)16)8(3)11(7(6)2)12-14-13(17)18-15-12;1-7-5-11(10(4)14)9(3)12(6-13-15)8(7)2/h9H,1-8H3;5H,1-4H3,(H,14,15,17);5-6,15H,1-4H3/b;;13-6+. The fourth-order valence-corrected chi connectivity index (χ4v) is 6.59. The molecular formula is C43H54N4O7. The molecule has 0 amide bonds. The summed E-state index contributed by atoms with van der Waals surface area (Å²) >= 11 is 0. The number of Topliss-reactive ketones (excluding diaryl/α,β-unsaturated/α-hetero) is 3. The molecule has 11 nitrogen and oxygen atoms in total. The average Bonchev–Trinajstić information content (AvgIpc) is 3.59. The molecule has 0 bridgehead atoms. The third-order valence-electron chi connectivity index (χ3n) is 11.1. The van der Waals surface area contributed by atoms with E-state index in [2.05, 4.69) is 59.6 Å². The number of hydrogen-bond acceptors (Lipinski definition) is 10. The minimum atomic E-state index is -0.602. The molecule has 1 aliphatic rings. The Morgan fingerprint density at radius 1 is 0.685 bits per heavy atom. The second kappa shape index (κ2) is 16.3. The molecule has 0 aliphatic carbocycles. The van der Waals surface area contributed by atoms with Crippen molar-refractivity contribution in [3.8, 4) is 11.4 Å². The second-order valence-electron chi connectivity index (χ2n) is 15.2. The van der Waals surface area contributed by atoms with E-state index in [0.29, 0.717) is 17.0 Å². The highest BCUT2D eigenvalue weighted by molar-refractivity contribution is 6.10. The van der Waals surface area contributed by atoms with E-state index >= 15 is 0 Å². The lowest BCUT2D eigenvalue weighted by molar-refractivity contribution is -0.0409. The summed E-state index contributed by atoms with van der Waals surface area (Å²) in [4.78, 5) is 54.1. The van der Waals surface area contributed by atoms with Gasteiger partial charge in [-0.05, 0) is 165 Å². The maximum Gasteiger partial charge on any atom is 0.439 e. The van der Waals surface area contributed by atoms with Crippen molar-refractivity contribution in [3.05, 3.63) is 107 Å². The molecule has 0 radical (unpaired) electrons. The second-order valence-corrected chi connectivity index (χ2v) is 15.2. The maximum atomic E-state index is 11.9. The zero-order chi connectivity index (χ0) is 41.2. The van der Waals surface area contributed by atoms with Crippen LogP contribution in [0.25, 0.3) is 11.4 Å². The summed E-state index contributed by atoms with van der Waals surface area (Å²) in [5, 5.41) is 19.7. The Labute approximate surface area is 317 Å². The normalized spacial score (nSPS) is 14.0. The minimum Gasteiger partial charge on any atom is -0.411 e. The molecule has 0 saturated heterocycles. The number of aromatic nitrogens is 2. The average molecular weight is 739 g/mol. The first kappa shape index (κ1) is 43.0. The van der Waals surface area contributed by atoms with Gasteiger partial charge in [0.15, 0.2) is 23.2 Å². The highest BCUT2D eigenvalue weighted by Gasteiger charge is 2.50. The van der Waals surface area contributed by atoms with Gasteiger partial charge >= 0.3 is 5.76 Å². The number of oxime groups is 2. The van der Waals surface area contributed by atoms with Crippen LogP contribution in [0.5, 0.6) is 0 Å². The number of hydrogen-bond donors (Lipinski definition) is 2. The van der Waals surface area contributed by atoms with E-state index in [9.17, 15) is 19.2 Å². The first-order chi connectivity index (χ1) is 24.9. The smallest absolute Gasteiger partial charge is 0.411 e. The summed E-state index contributed by atoms with van der Waals surface area (Å²) in [6, 6.07) is 5.71. The van der Waals surface area contributed by atoms with Gasteiger partial charge < -0.3 is 10.0 Å². The van der Waals surface area contributed by atoms with Crippen LogP contribution in [0.3, 0.4) is 0 Å². The van der Waals surface area contributed by atoms with E-state index < -0.39 is 5.76 Å². The predicted octanol–water partition coefficient (Wildman–Crippen LogP) is 9.13. The number of nitrogens with one attached hydrogen (secondary N) is 1. The number of ketones is 3. The lowest BCUT2D eigenvalue weighted by Gasteiger charge is -2.33. The van der Waals surface area contributed by atoms with Crippen molar-refractivity contribution >= 4 is 29.3 Å². The molecule has 3 aromatic carbocycles. The third-order valence-corrected chi connectivity index (χ3v) is 11.1. The highest BCUT2D eigenvalue weighted by atomic mass is 16.7. The number of aryl methyl sites for hydroxylation is 3. The molecule has 288 valence electrons. The largest absolute Gasteiger partial charge is 0.439 e. The van der Waals surface area contributed by atoms with Crippen LogP contribution >= 0.6 is 0 Å².